The number of benzene rings is 1. The molecule has 0 fully saturated rings. The van der Waals surface area contributed by atoms with Gasteiger partial charge in [-0.1, -0.05) is 19.1 Å². The average molecular weight is 301 g/mol. The molecule has 0 atom stereocenters. The highest BCUT2D eigenvalue weighted by molar-refractivity contribution is 7.18. The minimum absolute atomic E-state index is 0.224. The molecular weight excluding hydrogens is 286 g/mol. The van der Waals surface area contributed by atoms with Gasteiger partial charge in [-0.2, -0.15) is 0 Å². The Bertz CT molecular complexity index is 859. The summed E-state index contributed by atoms with van der Waals surface area (Å²) in [4.78, 5) is 28.7. The van der Waals surface area contributed by atoms with Gasteiger partial charge in [0.05, 0.1) is 16.8 Å². The van der Waals surface area contributed by atoms with Gasteiger partial charge in [-0.3, -0.25) is 9.36 Å². The van der Waals surface area contributed by atoms with Crippen molar-refractivity contribution in [3.8, 4) is 0 Å². The molecule has 0 aliphatic carbocycles. The molecule has 0 bridgehead atoms. The Balaban J connectivity index is 2.03. The van der Waals surface area contributed by atoms with Gasteiger partial charge in [-0.15, -0.1) is 11.3 Å². The molecule has 0 spiro atoms. The Morgan fingerprint density at radius 2 is 2.00 bits per heavy atom. The maximum Gasteiger partial charge on any atom is 0.331 e. The number of nitrogens with zero attached hydrogens (tertiary/aromatic N) is 3. The van der Waals surface area contributed by atoms with Crippen molar-refractivity contribution in [2.24, 2.45) is 0 Å². The predicted molar refractivity (Wildman–Crippen MR) is 84.0 cm³/mol. The lowest BCUT2D eigenvalue weighted by molar-refractivity contribution is 0.570. The van der Waals surface area contributed by atoms with Crippen LogP contribution in [-0.2, 0) is 13.1 Å². The summed E-state index contributed by atoms with van der Waals surface area (Å²) >= 11 is 1.51. The first-order valence-electron chi connectivity index (χ1n) is 6.84. The Labute approximate surface area is 125 Å². The third-order valence-corrected chi connectivity index (χ3v) is 4.26. The van der Waals surface area contributed by atoms with E-state index in [9.17, 15) is 9.59 Å². The van der Waals surface area contributed by atoms with Crippen LogP contribution >= 0.6 is 11.3 Å². The van der Waals surface area contributed by atoms with Crippen molar-refractivity contribution in [2.75, 3.05) is 0 Å². The first kappa shape index (κ1) is 13.8. The SMILES string of the molecule is CCCn1ccc(=O)n(Cc2nc3ccccc3s2)c1=O. The van der Waals surface area contributed by atoms with Crippen LogP contribution in [0.5, 0.6) is 0 Å². The number of aryl methyl sites for hydroxylation is 1. The molecule has 1 aromatic carbocycles. The van der Waals surface area contributed by atoms with Crippen LogP contribution in [0.1, 0.15) is 18.4 Å². The van der Waals surface area contributed by atoms with Crippen molar-refractivity contribution in [3.63, 3.8) is 0 Å². The zero-order chi connectivity index (χ0) is 14.8. The molecule has 0 unspecified atom stereocenters. The van der Waals surface area contributed by atoms with Gasteiger partial charge in [0.25, 0.3) is 5.56 Å². The maximum atomic E-state index is 12.3. The van der Waals surface area contributed by atoms with Crippen LogP contribution in [0.15, 0.2) is 46.1 Å². The van der Waals surface area contributed by atoms with Crippen molar-refractivity contribution in [1.82, 2.24) is 14.1 Å². The molecule has 0 saturated carbocycles. The van der Waals surface area contributed by atoms with Crippen LogP contribution in [0.25, 0.3) is 10.2 Å². The molecule has 0 amide bonds. The van der Waals surface area contributed by atoms with Crippen LogP contribution in [0.4, 0.5) is 0 Å². The normalized spacial score (nSPS) is 11.1. The fourth-order valence-corrected chi connectivity index (χ4v) is 3.19. The number of aromatic nitrogens is 3. The fourth-order valence-electron chi connectivity index (χ4n) is 2.24. The van der Waals surface area contributed by atoms with Crippen molar-refractivity contribution < 1.29 is 0 Å². The molecule has 0 saturated heterocycles. The van der Waals surface area contributed by atoms with Crippen LogP contribution in [-0.4, -0.2) is 14.1 Å². The lowest BCUT2D eigenvalue weighted by Gasteiger charge is -2.07. The Morgan fingerprint density at radius 1 is 1.19 bits per heavy atom. The third-order valence-electron chi connectivity index (χ3n) is 3.24. The second kappa shape index (κ2) is 5.65. The molecule has 21 heavy (non-hydrogen) atoms. The molecule has 3 aromatic rings. The minimum atomic E-state index is -0.286. The van der Waals surface area contributed by atoms with E-state index in [1.807, 2.05) is 31.2 Å². The van der Waals surface area contributed by atoms with E-state index in [2.05, 4.69) is 4.98 Å². The van der Waals surface area contributed by atoms with Crippen molar-refractivity contribution in [3.05, 3.63) is 62.4 Å². The largest absolute Gasteiger partial charge is 0.331 e. The summed E-state index contributed by atoms with van der Waals surface area (Å²) in [5.41, 5.74) is 0.338. The minimum Gasteiger partial charge on any atom is -0.300 e. The molecule has 0 aliphatic heterocycles. The molecule has 0 N–H and O–H groups in total. The number of hydrogen-bond acceptors (Lipinski definition) is 4. The summed E-state index contributed by atoms with van der Waals surface area (Å²) in [5.74, 6) is 0. The van der Waals surface area contributed by atoms with E-state index in [0.717, 1.165) is 21.6 Å². The molecule has 2 heterocycles. The van der Waals surface area contributed by atoms with Gasteiger partial charge >= 0.3 is 5.69 Å². The number of thiazole rings is 1. The van der Waals surface area contributed by atoms with Crippen molar-refractivity contribution in [1.29, 1.82) is 0 Å². The second-order valence-corrected chi connectivity index (χ2v) is 5.91. The van der Waals surface area contributed by atoms with Gasteiger partial charge in [0.2, 0.25) is 0 Å². The standard InChI is InChI=1S/C15H15N3O2S/c1-2-8-17-9-7-14(19)18(15(17)20)10-13-16-11-5-3-4-6-12(11)21-13/h3-7,9H,2,8,10H2,1H3. The molecule has 2 aromatic heterocycles. The maximum absolute atomic E-state index is 12.3. The van der Waals surface area contributed by atoms with Gasteiger partial charge in [0.1, 0.15) is 5.01 Å². The van der Waals surface area contributed by atoms with E-state index in [1.54, 1.807) is 10.8 Å². The van der Waals surface area contributed by atoms with Crippen LogP contribution in [0.3, 0.4) is 0 Å². The highest BCUT2D eigenvalue weighted by atomic mass is 32.1. The van der Waals surface area contributed by atoms with Crippen LogP contribution in [0, 0.1) is 0 Å². The zero-order valence-corrected chi connectivity index (χ0v) is 12.5. The van der Waals surface area contributed by atoms with Gasteiger partial charge < -0.3 is 4.57 Å². The highest BCUT2D eigenvalue weighted by Gasteiger charge is 2.09. The van der Waals surface area contributed by atoms with Gasteiger partial charge in [-0.25, -0.2) is 9.78 Å². The fraction of sp³-hybridized carbons (Fsp3) is 0.267. The lowest BCUT2D eigenvalue weighted by atomic mass is 10.3. The molecule has 0 aliphatic rings. The molecule has 108 valence electrons. The van der Waals surface area contributed by atoms with Crippen molar-refractivity contribution >= 4 is 21.6 Å². The number of para-hydroxylation sites is 1. The first-order chi connectivity index (χ1) is 10.2. The van der Waals surface area contributed by atoms with E-state index in [4.69, 9.17) is 0 Å². The summed E-state index contributed by atoms with van der Waals surface area (Å²) in [6.07, 6.45) is 2.41. The average Bonchev–Trinajstić information content (AvgIpc) is 2.89. The number of fused-ring (bicyclic) bond motifs is 1. The first-order valence-corrected chi connectivity index (χ1v) is 7.65. The zero-order valence-electron chi connectivity index (χ0n) is 11.7. The van der Waals surface area contributed by atoms with Gasteiger partial charge in [0.15, 0.2) is 0 Å². The van der Waals surface area contributed by atoms with Crippen LogP contribution in [0.2, 0.25) is 0 Å². The molecule has 6 heteroatoms. The summed E-state index contributed by atoms with van der Waals surface area (Å²) in [6, 6.07) is 9.23. The monoisotopic (exact) mass is 301 g/mol. The quantitative estimate of drug-likeness (QED) is 0.741. The highest BCUT2D eigenvalue weighted by Crippen LogP contribution is 2.21. The molecule has 5 nitrogen and oxygen atoms in total. The third kappa shape index (κ3) is 2.67. The second-order valence-electron chi connectivity index (χ2n) is 4.79. The van der Waals surface area contributed by atoms with Gasteiger partial charge in [-0.05, 0) is 18.6 Å². The van der Waals surface area contributed by atoms with Crippen LogP contribution < -0.4 is 11.2 Å². The molecule has 3 rings (SSSR count). The Morgan fingerprint density at radius 3 is 2.76 bits per heavy atom. The summed E-state index contributed by atoms with van der Waals surface area (Å²) in [7, 11) is 0. The molecule has 0 radical (unpaired) electrons. The Hall–Kier alpha value is -2.21. The van der Waals surface area contributed by atoms with Gasteiger partial charge in [0, 0.05) is 18.8 Å². The number of hydrogen-bond donors (Lipinski definition) is 0. The summed E-state index contributed by atoms with van der Waals surface area (Å²) in [6.45, 7) is 2.83. The summed E-state index contributed by atoms with van der Waals surface area (Å²) in [5, 5.41) is 0.768. The van der Waals surface area contributed by atoms with E-state index in [-0.39, 0.29) is 17.8 Å². The smallest absolute Gasteiger partial charge is 0.300 e. The summed E-state index contributed by atoms with van der Waals surface area (Å²) < 4.78 is 3.87. The predicted octanol–water partition coefficient (Wildman–Crippen LogP) is 2.08. The van der Waals surface area contributed by atoms with E-state index in [1.165, 1.54) is 22.0 Å². The number of rotatable bonds is 4. The Kier molecular flexibility index (Phi) is 3.70. The molecular formula is C15H15N3O2S. The van der Waals surface area contributed by atoms with E-state index in [0.29, 0.717) is 6.54 Å². The van der Waals surface area contributed by atoms with E-state index < -0.39 is 0 Å². The lowest BCUT2D eigenvalue weighted by Crippen LogP contribution is -2.39. The topological polar surface area (TPSA) is 56.9 Å². The van der Waals surface area contributed by atoms with Crippen molar-refractivity contribution in [2.45, 2.75) is 26.4 Å². The van der Waals surface area contributed by atoms with E-state index >= 15 is 0 Å².